The van der Waals surface area contributed by atoms with Gasteiger partial charge in [0, 0.05) is 17.1 Å². The number of likely N-dealkylation sites (tertiary alicyclic amines) is 1. The average molecular weight is 392 g/mol. The highest BCUT2D eigenvalue weighted by Crippen LogP contribution is 2.27. The van der Waals surface area contributed by atoms with Crippen molar-refractivity contribution in [1.82, 2.24) is 14.7 Å². The molecule has 2 unspecified atom stereocenters. The molecule has 0 spiro atoms. The number of amides is 1. The minimum Gasteiger partial charge on any atom is -0.481 e. The van der Waals surface area contributed by atoms with Crippen LogP contribution in [0.4, 0.5) is 0 Å². The molecule has 7 heteroatoms. The first kappa shape index (κ1) is 16.7. The summed E-state index contributed by atoms with van der Waals surface area (Å²) >= 11 is 3.40. The van der Waals surface area contributed by atoms with Crippen LogP contribution in [0.5, 0.6) is 0 Å². The molecule has 1 N–H and O–H groups in total. The molecule has 1 aromatic heterocycles. The smallest absolute Gasteiger partial charge is 0.308 e. The van der Waals surface area contributed by atoms with Gasteiger partial charge >= 0.3 is 5.97 Å². The predicted octanol–water partition coefficient (Wildman–Crippen LogP) is 2.88. The van der Waals surface area contributed by atoms with Gasteiger partial charge in [0.05, 0.1) is 29.1 Å². The molecule has 126 valence electrons. The Hall–Kier alpha value is -2.15. The number of benzene rings is 1. The van der Waals surface area contributed by atoms with Crippen molar-refractivity contribution in [2.24, 2.45) is 5.92 Å². The predicted molar refractivity (Wildman–Crippen MR) is 92.2 cm³/mol. The Kier molecular flexibility index (Phi) is 4.45. The second-order valence-corrected chi connectivity index (χ2v) is 6.92. The van der Waals surface area contributed by atoms with Crippen molar-refractivity contribution in [2.75, 3.05) is 6.54 Å². The molecule has 0 bridgehead atoms. The van der Waals surface area contributed by atoms with Crippen LogP contribution in [0.25, 0.3) is 5.69 Å². The maximum atomic E-state index is 12.8. The summed E-state index contributed by atoms with van der Waals surface area (Å²) in [6.07, 6.45) is 2.04. The summed E-state index contributed by atoms with van der Waals surface area (Å²) in [5.41, 5.74) is 2.12. The molecule has 2 aromatic rings. The van der Waals surface area contributed by atoms with Crippen molar-refractivity contribution in [2.45, 2.75) is 26.3 Å². The molecule has 1 aliphatic heterocycles. The Morgan fingerprint density at radius 1 is 1.29 bits per heavy atom. The van der Waals surface area contributed by atoms with Crippen LogP contribution in [0.1, 0.15) is 29.4 Å². The Bertz CT molecular complexity index is 785. The van der Waals surface area contributed by atoms with Gasteiger partial charge in [0.2, 0.25) is 0 Å². The van der Waals surface area contributed by atoms with Crippen molar-refractivity contribution in [1.29, 1.82) is 0 Å². The molecular formula is C17H18BrN3O3. The molecule has 2 heterocycles. The van der Waals surface area contributed by atoms with E-state index < -0.39 is 11.9 Å². The fourth-order valence-electron chi connectivity index (χ4n) is 3.17. The van der Waals surface area contributed by atoms with E-state index >= 15 is 0 Å². The normalized spacial score (nSPS) is 20.4. The van der Waals surface area contributed by atoms with E-state index in [1.54, 1.807) is 22.7 Å². The van der Waals surface area contributed by atoms with Crippen LogP contribution in [-0.2, 0) is 4.79 Å². The minimum atomic E-state index is -0.847. The van der Waals surface area contributed by atoms with Crippen molar-refractivity contribution < 1.29 is 14.7 Å². The van der Waals surface area contributed by atoms with E-state index in [1.807, 2.05) is 31.2 Å². The monoisotopic (exact) mass is 391 g/mol. The third-order valence-electron chi connectivity index (χ3n) is 4.64. The summed E-state index contributed by atoms with van der Waals surface area (Å²) in [6.45, 7) is 4.09. The second kappa shape index (κ2) is 6.39. The van der Waals surface area contributed by atoms with E-state index in [9.17, 15) is 14.7 Å². The quantitative estimate of drug-likeness (QED) is 0.872. The number of aromatic nitrogens is 2. The van der Waals surface area contributed by atoms with Gasteiger partial charge in [-0.2, -0.15) is 5.10 Å². The van der Waals surface area contributed by atoms with E-state index in [4.69, 9.17) is 0 Å². The number of hydrogen-bond acceptors (Lipinski definition) is 3. The van der Waals surface area contributed by atoms with Crippen LogP contribution >= 0.6 is 15.9 Å². The fraction of sp³-hybridized carbons (Fsp3) is 0.353. The first-order chi connectivity index (χ1) is 11.4. The highest BCUT2D eigenvalue weighted by molar-refractivity contribution is 9.10. The molecule has 6 nitrogen and oxygen atoms in total. The zero-order valence-corrected chi connectivity index (χ0v) is 15.0. The third kappa shape index (κ3) is 2.84. The van der Waals surface area contributed by atoms with Gasteiger partial charge in [-0.15, -0.1) is 0 Å². The third-order valence-corrected chi connectivity index (χ3v) is 5.17. The molecule has 0 aliphatic carbocycles. The fourth-order valence-corrected chi connectivity index (χ4v) is 3.44. The molecule has 1 aromatic carbocycles. The van der Waals surface area contributed by atoms with Gasteiger partial charge in [-0.3, -0.25) is 9.59 Å². The van der Waals surface area contributed by atoms with E-state index in [1.165, 1.54) is 0 Å². The lowest BCUT2D eigenvalue weighted by atomic mass is 10.0. The Morgan fingerprint density at radius 2 is 1.96 bits per heavy atom. The topological polar surface area (TPSA) is 75.4 Å². The Balaban J connectivity index is 1.87. The molecule has 1 amide bonds. The molecule has 3 rings (SSSR count). The van der Waals surface area contributed by atoms with Crippen LogP contribution < -0.4 is 0 Å². The van der Waals surface area contributed by atoms with Crippen molar-refractivity contribution >= 4 is 27.8 Å². The van der Waals surface area contributed by atoms with Crippen LogP contribution in [-0.4, -0.2) is 44.3 Å². The first-order valence-corrected chi connectivity index (χ1v) is 8.53. The molecule has 1 fully saturated rings. The number of carboxylic acid groups (broad SMARTS) is 1. The molecule has 0 saturated carbocycles. The lowest BCUT2D eigenvalue weighted by Crippen LogP contribution is -2.37. The summed E-state index contributed by atoms with van der Waals surface area (Å²) in [5, 5.41) is 13.6. The van der Waals surface area contributed by atoms with Crippen LogP contribution in [0.15, 0.2) is 34.9 Å². The van der Waals surface area contributed by atoms with Gasteiger partial charge in [-0.1, -0.05) is 15.9 Å². The number of rotatable bonds is 3. The average Bonchev–Trinajstić information content (AvgIpc) is 3.11. The number of halogens is 1. The van der Waals surface area contributed by atoms with Crippen LogP contribution in [0, 0.1) is 12.8 Å². The second-order valence-electron chi connectivity index (χ2n) is 6.00. The number of hydrogen-bond donors (Lipinski definition) is 1. The molecular weight excluding hydrogens is 374 g/mol. The van der Waals surface area contributed by atoms with Crippen molar-refractivity contribution in [3.63, 3.8) is 0 Å². The number of nitrogens with zero attached hydrogens (tertiary/aromatic N) is 3. The number of carboxylic acids is 1. The summed E-state index contributed by atoms with van der Waals surface area (Å²) in [6, 6.07) is 7.34. The molecule has 24 heavy (non-hydrogen) atoms. The minimum absolute atomic E-state index is 0.160. The molecule has 2 atom stereocenters. The van der Waals surface area contributed by atoms with Gasteiger partial charge in [0.25, 0.3) is 5.91 Å². The summed E-state index contributed by atoms with van der Waals surface area (Å²) in [4.78, 5) is 25.7. The lowest BCUT2D eigenvalue weighted by Gasteiger charge is -2.23. The maximum Gasteiger partial charge on any atom is 0.308 e. The molecule has 1 saturated heterocycles. The first-order valence-electron chi connectivity index (χ1n) is 7.74. The zero-order chi connectivity index (χ0) is 17.4. The summed E-state index contributed by atoms with van der Waals surface area (Å²) in [5.74, 6) is -1.51. The SMILES string of the molecule is Cc1c(C(=O)N2CCC(C(=O)O)C2C)cnn1-c1ccc(Br)cc1. The van der Waals surface area contributed by atoms with Crippen LogP contribution in [0.3, 0.4) is 0 Å². The van der Waals surface area contributed by atoms with Crippen molar-refractivity contribution in [3.8, 4) is 5.69 Å². The van der Waals surface area contributed by atoms with Gasteiger partial charge < -0.3 is 10.0 Å². The molecule has 1 aliphatic rings. The van der Waals surface area contributed by atoms with Gasteiger partial charge in [-0.05, 0) is 44.5 Å². The zero-order valence-electron chi connectivity index (χ0n) is 13.4. The maximum absolute atomic E-state index is 12.8. The highest BCUT2D eigenvalue weighted by atomic mass is 79.9. The Morgan fingerprint density at radius 3 is 2.54 bits per heavy atom. The van der Waals surface area contributed by atoms with E-state index in [2.05, 4.69) is 21.0 Å². The number of carbonyl (C=O) groups excluding carboxylic acids is 1. The highest BCUT2D eigenvalue weighted by Gasteiger charge is 2.39. The van der Waals surface area contributed by atoms with E-state index in [-0.39, 0.29) is 11.9 Å². The summed E-state index contributed by atoms with van der Waals surface area (Å²) in [7, 11) is 0. The van der Waals surface area contributed by atoms with E-state index in [0.717, 1.165) is 15.9 Å². The Labute approximate surface area is 148 Å². The van der Waals surface area contributed by atoms with Gasteiger partial charge in [0.15, 0.2) is 0 Å². The molecule has 0 radical (unpaired) electrons. The largest absolute Gasteiger partial charge is 0.481 e. The standard InChI is InChI=1S/C17H18BrN3O3/c1-10-14(17(23)24)7-8-20(10)16(22)15-9-19-21(11(15)2)13-5-3-12(18)4-6-13/h3-6,9-10,14H,7-8H2,1-2H3,(H,23,24). The van der Waals surface area contributed by atoms with E-state index in [0.29, 0.717) is 18.5 Å². The number of aliphatic carboxylic acids is 1. The lowest BCUT2D eigenvalue weighted by molar-refractivity contribution is -0.142. The van der Waals surface area contributed by atoms with Gasteiger partial charge in [-0.25, -0.2) is 4.68 Å². The van der Waals surface area contributed by atoms with Crippen LogP contribution in [0.2, 0.25) is 0 Å². The van der Waals surface area contributed by atoms with Gasteiger partial charge in [0.1, 0.15) is 0 Å². The summed E-state index contributed by atoms with van der Waals surface area (Å²) < 4.78 is 2.69. The number of carbonyl (C=O) groups is 2. The van der Waals surface area contributed by atoms with Crippen molar-refractivity contribution in [3.05, 3.63) is 46.2 Å².